The molecule has 1 aliphatic rings. The van der Waals surface area contributed by atoms with Crippen LogP contribution in [0.2, 0.25) is 5.02 Å². The van der Waals surface area contributed by atoms with Crippen molar-refractivity contribution in [2.75, 3.05) is 31.7 Å². The van der Waals surface area contributed by atoms with E-state index >= 15 is 0 Å². The SMILES string of the molecule is CC(C)CC(=O)N(C)CC(=O)N1CC(=O)N(c2ccc(Cl)cc2)C1. The molecule has 0 unspecified atom stereocenters. The average Bonchev–Trinajstić information content (AvgIpc) is 2.89. The number of carbonyl (C=O) groups is 3. The number of rotatable bonds is 5. The van der Waals surface area contributed by atoms with Gasteiger partial charge in [0.15, 0.2) is 0 Å². The lowest BCUT2D eigenvalue weighted by molar-refractivity contribution is -0.139. The van der Waals surface area contributed by atoms with Gasteiger partial charge in [0.2, 0.25) is 17.7 Å². The van der Waals surface area contributed by atoms with Gasteiger partial charge in [-0.05, 0) is 30.2 Å². The molecule has 0 saturated carbocycles. The number of hydrogen-bond donors (Lipinski definition) is 0. The molecule has 1 aromatic rings. The van der Waals surface area contributed by atoms with Gasteiger partial charge in [0.05, 0.1) is 6.54 Å². The molecule has 6 nitrogen and oxygen atoms in total. The lowest BCUT2D eigenvalue weighted by Crippen LogP contribution is -2.41. The van der Waals surface area contributed by atoms with E-state index in [9.17, 15) is 14.4 Å². The van der Waals surface area contributed by atoms with E-state index in [-0.39, 0.29) is 43.4 Å². The molecule has 1 saturated heterocycles. The Morgan fingerprint density at radius 1 is 1.25 bits per heavy atom. The van der Waals surface area contributed by atoms with E-state index in [2.05, 4.69) is 0 Å². The van der Waals surface area contributed by atoms with Gasteiger partial charge in [-0.1, -0.05) is 25.4 Å². The van der Waals surface area contributed by atoms with Crippen LogP contribution in [0.4, 0.5) is 5.69 Å². The van der Waals surface area contributed by atoms with Crippen LogP contribution >= 0.6 is 11.6 Å². The number of halogens is 1. The highest BCUT2D eigenvalue weighted by Crippen LogP contribution is 2.21. The standard InChI is InChI=1S/C17H22ClN3O3/c1-12(2)8-15(22)19(3)9-16(23)20-10-17(24)21(11-20)14-6-4-13(18)5-7-14/h4-7,12H,8-11H2,1-3H3. The van der Waals surface area contributed by atoms with Crippen LogP contribution in [0.3, 0.4) is 0 Å². The molecule has 0 aliphatic carbocycles. The van der Waals surface area contributed by atoms with Gasteiger partial charge in [-0.2, -0.15) is 0 Å². The van der Waals surface area contributed by atoms with Gasteiger partial charge in [-0.25, -0.2) is 0 Å². The Morgan fingerprint density at radius 3 is 2.46 bits per heavy atom. The van der Waals surface area contributed by atoms with Gasteiger partial charge in [0, 0.05) is 24.2 Å². The molecular weight excluding hydrogens is 330 g/mol. The highest BCUT2D eigenvalue weighted by molar-refractivity contribution is 6.30. The number of carbonyl (C=O) groups excluding carboxylic acids is 3. The van der Waals surface area contributed by atoms with Crippen molar-refractivity contribution >= 4 is 35.0 Å². The molecule has 1 heterocycles. The summed E-state index contributed by atoms with van der Waals surface area (Å²) in [6, 6.07) is 6.89. The highest BCUT2D eigenvalue weighted by Gasteiger charge is 2.32. The summed E-state index contributed by atoms with van der Waals surface area (Å²) in [6.07, 6.45) is 0.402. The van der Waals surface area contributed by atoms with Gasteiger partial charge in [-0.3, -0.25) is 19.3 Å². The van der Waals surface area contributed by atoms with Crippen LogP contribution in [0.5, 0.6) is 0 Å². The average molecular weight is 352 g/mol. The van der Waals surface area contributed by atoms with Crippen LogP contribution in [0.25, 0.3) is 0 Å². The van der Waals surface area contributed by atoms with Crippen molar-refractivity contribution in [3.8, 4) is 0 Å². The first-order valence-corrected chi connectivity index (χ1v) is 8.23. The third-order valence-corrected chi connectivity index (χ3v) is 4.06. The fraction of sp³-hybridized carbons (Fsp3) is 0.471. The fourth-order valence-corrected chi connectivity index (χ4v) is 2.58. The molecule has 1 fully saturated rings. The molecule has 0 N–H and O–H groups in total. The Balaban J connectivity index is 1.96. The number of anilines is 1. The van der Waals surface area contributed by atoms with E-state index in [1.807, 2.05) is 13.8 Å². The van der Waals surface area contributed by atoms with Gasteiger partial charge in [-0.15, -0.1) is 0 Å². The first-order valence-electron chi connectivity index (χ1n) is 7.85. The first kappa shape index (κ1) is 18.3. The zero-order chi connectivity index (χ0) is 17.9. The quantitative estimate of drug-likeness (QED) is 0.815. The van der Waals surface area contributed by atoms with E-state index < -0.39 is 0 Å². The summed E-state index contributed by atoms with van der Waals surface area (Å²) in [5.74, 6) is -0.219. The molecule has 0 radical (unpaired) electrons. The number of likely N-dealkylation sites (N-methyl/N-ethyl adjacent to an activating group) is 1. The van der Waals surface area contributed by atoms with Crippen LogP contribution in [0.1, 0.15) is 20.3 Å². The number of hydrogen-bond acceptors (Lipinski definition) is 3. The molecule has 2 rings (SSSR count). The molecule has 0 aromatic heterocycles. The Labute approximate surface area is 147 Å². The monoisotopic (exact) mass is 351 g/mol. The van der Waals surface area contributed by atoms with Gasteiger partial charge in [0.25, 0.3) is 0 Å². The topological polar surface area (TPSA) is 60.9 Å². The van der Waals surface area contributed by atoms with Crippen molar-refractivity contribution in [1.29, 1.82) is 0 Å². The Kier molecular flexibility index (Phi) is 5.83. The van der Waals surface area contributed by atoms with Crippen LogP contribution < -0.4 is 4.90 Å². The molecule has 7 heteroatoms. The van der Waals surface area contributed by atoms with Crippen molar-refractivity contribution in [3.05, 3.63) is 29.3 Å². The summed E-state index contributed by atoms with van der Waals surface area (Å²) < 4.78 is 0. The van der Waals surface area contributed by atoms with E-state index in [4.69, 9.17) is 11.6 Å². The van der Waals surface area contributed by atoms with Crippen molar-refractivity contribution in [1.82, 2.24) is 9.80 Å². The minimum Gasteiger partial charge on any atom is -0.336 e. The van der Waals surface area contributed by atoms with Crippen LogP contribution in [0, 0.1) is 5.92 Å². The largest absolute Gasteiger partial charge is 0.336 e. The molecule has 24 heavy (non-hydrogen) atoms. The van der Waals surface area contributed by atoms with Crippen molar-refractivity contribution in [3.63, 3.8) is 0 Å². The van der Waals surface area contributed by atoms with Crippen molar-refractivity contribution < 1.29 is 14.4 Å². The molecule has 130 valence electrons. The molecular formula is C17H22ClN3O3. The Bertz CT molecular complexity index is 630. The van der Waals surface area contributed by atoms with Gasteiger partial charge < -0.3 is 9.80 Å². The van der Waals surface area contributed by atoms with Crippen LogP contribution in [0.15, 0.2) is 24.3 Å². The third kappa shape index (κ3) is 4.47. The van der Waals surface area contributed by atoms with Crippen molar-refractivity contribution in [2.24, 2.45) is 5.92 Å². The smallest absolute Gasteiger partial charge is 0.248 e. The van der Waals surface area contributed by atoms with Crippen LogP contribution in [-0.4, -0.2) is 54.3 Å². The molecule has 0 atom stereocenters. The summed E-state index contributed by atoms with van der Waals surface area (Å²) in [5, 5.41) is 0.587. The summed E-state index contributed by atoms with van der Waals surface area (Å²) in [7, 11) is 1.61. The summed E-state index contributed by atoms with van der Waals surface area (Å²) >= 11 is 5.85. The Hall–Kier alpha value is -2.08. The second-order valence-electron chi connectivity index (χ2n) is 6.38. The van der Waals surface area contributed by atoms with Gasteiger partial charge in [0.1, 0.15) is 13.2 Å². The van der Waals surface area contributed by atoms with E-state index in [1.165, 1.54) is 14.7 Å². The minimum atomic E-state index is -0.237. The highest BCUT2D eigenvalue weighted by atomic mass is 35.5. The van der Waals surface area contributed by atoms with E-state index in [1.54, 1.807) is 31.3 Å². The fourth-order valence-electron chi connectivity index (χ4n) is 2.46. The predicted molar refractivity (Wildman–Crippen MR) is 92.6 cm³/mol. The maximum Gasteiger partial charge on any atom is 0.248 e. The second-order valence-corrected chi connectivity index (χ2v) is 6.82. The predicted octanol–water partition coefficient (Wildman–Crippen LogP) is 1.98. The summed E-state index contributed by atoms with van der Waals surface area (Å²) in [4.78, 5) is 40.9. The normalized spacial score (nSPS) is 14.5. The molecule has 0 bridgehead atoms. The maximum atomic E-state index is 12.4. The maximum absolute atomic E-state index is 12.4. The number of nitrogens with zero attached hydrogens (tertiary/aromatic N) is 3. The molecule has 1 aromatic carbocycles. The lowest BCUT2D eigenvalue weighted by Gasteiger charge is -2.22. The van der Waals surface area contributed by atoms with E-state index in [0.717, 1.165) is 0 Å². The Morgan fingerprint density at radius 2 is 1.88 bits per heavy atom. The summed E-state index contributed by atoms with van der Waals surface area (Å²) in [5.41, 5.74) is 0.698. The lowest BCUT2D eigenvalue weighted by atomic mass is 10.1. The third-order valence-electron chi connectivity index (χ3n) is 3.81. The molecule has 3 amide bonds. The number of benzene rings is 1. The minimum absolute atomic E-state index is 0.0205. The van der Waals surface area contributed by atoms with E-state index in [0.29, 0.717) is 17.1 Å². The second kappa shape index (κ2) is 7.66. The number of amides is 3. The van der Waals surface area contributed by atoms with Crippen LogP contribution in [-0.2, 0) is 14.4 Å². The zero-order valence-electron chi connectivity index (χ0n) is 14.2. The summed E-state index contributed by atoms with van der Waals surface area (Å²) in [6.45, 7) is 4.10. The zero-order valence-corrected chi connectivity index (χ0v) is 14.9. The van der Waals surface area contributed by atoms with Crippen molar-refractivity contribution in [2.45, 2.75) is 20.3 Å². The molecule has 1 aliphatic heterocycles. The first-order chi connectivity index (χ1) is 11.3. The van der Waals surface area contributed by atoms with Gasteiger partial charge >= 0.3 is 0 Å². The molecule has 0 spiro atoms.